The molecule has 0 radical (unpaired) electrons. The lowest BCUT2D eigenvalue weighted by Crippen LogP contribution is -2.06. The summed E-state index contributed by atoms with van der Waals surface area (Å²) >= 11 is 3.49. The number of ether oxygens (including phenoxy) is 1. The molecule has 0 unspecified atom stereocenters. The maximum absolute atomic E-state index is 5.69. The number of rotatable bonds is 3. The van der Waals surface area contributed by atoms with Crippen LogP contribution in [0.3, 0.4) is 0 Å². The number of hydrogen-bond acceptors (Lipinski definition) is 1. The predicted octanol–water partition coefficient (Wildman–Crippen LogP) is 3.92. The zero-order chi connectivity index (χ0) is 9.84. The highest BCUT2D eigenvalue weighted by Gasteiger charge is 2.12. The lowest BCUT2D eigenvalue weighted by molar-refractivity contribution is 0.137. The van der Waals surface area contributed by atoms with Crippen LogP contribution in [0.1, 0.15) is 26.7 Å². The third-order valence-electron chi connectivity index (χ3n) is 1.82. The molecule has 72 valence electrons. The average Bonchev–Trinajstić information content (AvgIpc) is 2.07. The molecule has 0 saturated heterocycles. The molecule has 0 amide bonds. The van der Waals surface area contributed by atoms with Crippen molar-refractivity contribution >= 4 is 15.9 Å². The van der Waals surface area contributed by atoms with E-state index in [0.717, 1.165) is 24.2 Å². The number of allylic oxidation sites excluding steroid dienone is 5. The Labute approximate surface area is 88.3 Å². The van der Waals surface area contributed by atoms with Gasteiger partial charge in [-0.15, -0.1) is 0 Å². The zero-order valence-electron chi connectivity index (χ0n) is 8.14. The van der Waals surface area contributed by atoms with Crippen molar-refractivity contribution in [2.24, 2.45) is 0 Å². The minimum Gasteiger partial charge on any atom is -0.495 e. The lowest BCUT2D eigenvalue weighted by atomic mass is 10.1. The Bertz CT molecular complexity index is 261. The second-order valence-corrected chi connectivity index (χ2v) is 4.36. The van der Waals surface area contributed by atoms with Crippen LogP contribution in [0, 0.1) is 0 Å². The maximum Gasteiger partial charge on any atom is 0.104 e. The summed E-state index contributed by atoms with van der Waals surface area (Å²) in [5, 5.41) is 0. The Morgan fingerprint density at radius 2 is 2.23 bits per heavy atom. The summed E-state index contributed by atoms with van der Waals surface area (Å²) in [7, 11) is 0. The maximum atomic E-state index is 5.69. The Hall–Kier alpha value is -0.500. The summed E-state index contributed by atoms with van der Waals surface area (Å²) in [6.45, 7) is 7.86. The van der Waals surface area contributed by atoms with Crippen molar-refractivity contribution in [3.8, 4) is 0 Å². The van der Waals surface area contributed by atoms with Gasteiger partial charge in [-0.25, -0.2) is 0 Å². The summed E-state index contributed by atoms with van der Waals surface area (Å²) in [6, 6.07) is 0. The molecule has 1 nitrogen and oxygen atoms in total. The van der Waals surface area contributed by atoms with Crippen molar-refractivity contribution in [2.45, 2.75) is 32.8 Å². The van der Waals surface area contributed by atoms with E-state index < -0.39 is 0 Å². The molecule has 1 aliphatic carbocycles. The van der Waals surface area contributed by atoms with Gasteiger partial charge in [0.2, 0.25) is 0 Å². The summed E-state index contributed by atoms with van der Waals surface area (Å²) in [6.07, 6.45) is 6.16. The smallest absolute Gasteiger partial charge is 0.104 e. The molecule has 0 N–H and O–H groups in total. The second-order valence-electron chi connectivity index (χ2n) is 3.34. The quantitative estimate of drug-likeness (QED) is 0.729. The van der Waals surface area contributed by atoms with Crippen LogP contribution >= 0.6 is 15.9 Å². The summed E-state index contributed by atoms with van der Waals surface area (Å²) in [5.74, 6) is 1.06. The first-order valence-electron chi connectivity index (χ1n) is 4.51. The van der Waals surface area contributed by atoms with Gasteiger partial charge < -0.3 is 4.74 Å². The minimum absolute atomic E-state index is 0.246. The molecule has 0 atom stereocenters. The van der Waals surface area contributed by atoms with E-state index in [1.165, 1.54) is 4.48 Å². The van der Waals surface area contributed by atoms with E-state index >= 15 is 0 Å². The molecule has 0 spiro atoms. The fourth-order valence-corrected chi connectivity index (χ4v) is 1.73. The first-order chi connectivity index (χ1) is 6.13. The Morgan fingerprint density at radius 1 is 1.54 bits per heavy atom. The highest BCUT2D eigenvalue weighted by molar-refractivity contribution is 9.11. The SMILES string of the molecule is C=CC1=C(OC(C)C)CCC(Br)=C1. The van der Waals surface area contributed by atoms with Gasteiger partial charge in [0, 0.05) is 12.0 Å². The third-order valence-corrected chi connectivity index (χ3v) is 2.45. The largest absolute Gasteiger partial charge is 0.495 e. The lowest BCUT2D eigenvalue weighted by Gasteiger charge is -2.19. The van der Waals surface area contributed by atoms with Crippen molar-refractivity contribution < 1.29 is 4.74 Å². The molecule has 1 rings (SSSR count). The fourth-order valence-electron chi connectivity index (χ4n) is 1.28. The van der Waals surface area contributed by atoms with Gasteiger partial charge in [0.1, 0.15) is 5.76 Å². The first kappa shape index (κ1) is 10.6. The van der Waals surface area contributed by atoms with E-state index in [1.54, 1.807) is 0 Å². The molecule has 0 aromatic heterocycles. The summed E-state index contributed by atoms with van der Waals surface area (Å²) in [5.41, 5.74) is 1.10. The minimum atomic E-state index is 0.246. The van der Waals surface area contributed by atoms with Gasteiger partial charge in [-0.1, -0.05) is 28.6 Å². The third kappa shape index (κ3) is 3.03. The van der Waals surface area contributed by atoms with Crippen molar-refractivity contribution in [3.05, 3.63) is 34.5 Å². The van der Waals surface area contributed by atoms with Crippen LogP contribution in [0.25, 0.3) is 0 Å². The van der Waals surface area contributed by atoms with Crippen molar-refractivity contribution in [1.29, 1.82) is 0 Å². The van der Waals surface area contributed by atoms with Crippen LogP contribution in [0.15, 0.2) is 34.5 Å². The van der Waals surface area contributed by atoms with Crippen molar-refractivity contribution in [1.82, 2.24) is 0 Å². The number of halogens is 1. The van der Waals surface area contributed by atoms with Gasteiger partial charge in [-0.2, -0.15) is 0 Å². The molecular weight excluding hydrogens is 228 g/mol. The Kier molecular flexibility index (Phi) is 3.79. The molecule has 2 heteroatoms. The molecule has 1 aliphatic rings. The topological polar surface area (TPSA) is 9.23 Å². The van der Waals surface area contributed by atoms with E-state index in [4.69, 9.17) is 4.74 Å². The highest BCUT2D eigenvalue weighted by atomic mass is 79.9. The van der Waals surface area contributed by atoms with Crippen LogP contribution in [0.4, 0.5) is 0 Å². The Morgan fingerprint density at radius 3 is 2.77 bits per heavy atom. The number of hydrogen-bond donors (Lipinski definition) is 0. The van der Waals surface area contributed by atoms with Gasteiger partial charge in [-0.05, 0) is 30.8 Å². The van der Waals surface area contributed by atoms with Gasteiger partial charge >= 0.3 is 0 Å². The van der Waals surface area contributed by atoms with E-state index in [2.05, 4.69) is 28.6 Å². The molecule has 0 aromatic rings. The molecule has 0 bridgehead atoms. The molecule has 0 saturated carbocycles. The highest BCUT2D eigenvalue weighted by Crippen LogP contribution is 2.29. The molecular formula is C11H15BrO. The standard InChI is InChI=1S/C11H15BrO/c1-4-9-7-10(12)5-6-11(9)13-8(2)3/h4,7-8H,1,5-6H2,2-3H3. The van der Waals surface area contributed by atoms with Crippen LogP contribution in [-0.2, 0) is 4.74 Å². The van der Waals surface area contributed by atoms with Gasteiger partial charge in [-0.3, -0.25) is 0 Å². The monoisotopic (exact) mass is 242 g/mol. The van der Waals surface area contributed by atoms with Gasteiger partial charge in [0.05, 0.1) is 6.10 Å². The van der Waals surface area contributed by atoms with E-state index in [0.29, 0.717) is 0 Å². The van der Waals surface area contributed by atoms with Gasteiger partial charge in [0.15, 0.2) is 0 Å². The normalized spacial score (nSPS) is 17.4. The zero-order valence-corrected chi connectivity index (χ0v) is 9.73. The molecule has 13 heavy (non-hydrogen) atoms. The summed E-state index contributed by atoms with van der Waals surface area (Å²) < 4.78 is 6.91. The molecule has 0 fully saturated rings. The average molecular weight is 243 g/mol. The predicted molar refractivity (Wildman–Crippen MR) is 59.7 cm³/mol. The van der Waals surface area contributed by atoms with Crippen LogP contribution < -0.4 is 0 Å². The van der Waals surface area contributed by atoms with Crippen LogP contribution in [0.5, 0.6) is 0 Å². The van der Waals surface area contributed by atoms with E-state index in [-0.39, 0.29) is 6.10 Å². The second kappa shape index (κ2) is 4.66. The molecule has 0 aromatic carbocycles. The van der Waals surface area contributed by atoms with E-state index in [9.17, 15) is 0 Å². The van der Waals surface area contributed by atoms with E-state index in [1.807, 2.05) is 19.9 Å². The molecule has 0 heterocycles. The van der Waals surface area contributed by atoms with Crippen molar-refractivity contribution in [2.75, 3.05) is 0 Å². The van der Waals surface area contributed by atoms with Crippen LogP contribution in [0.2, 0.25) is 0 Å². The summed E-state index contributed by atoms with van der Waals surface area (Å²) in [4.78, 5) is 0. The van der Waals surface area contributed by atoms with Gasteiger partial charge in [0.25, 0.3) is 0 Å². The first-order valence-corrected chi connectivity index (χ1v) is 5.31. The van der Waals surface area contributed by atoms with Crippen molar-refractivity contribution in [3.63, 3.8) is 0 Å². The fraction of sp³-hybridized carbons (Fsp3) is 0.455. The van der Waals surface area contributed by atoms with Crippen LogP contribution in [-0.4, -0.2) is 6.10 Å². The Balaban J connectivity index is 2.83. The molecule has 0 aliphatic heterocycles.